The minimum absolute atomic E-state index is 0.109. The van der Waals surface area contributed by atoms with Crippen molar-refractivity contribution in [2.45, 2.75) is 6.54 Å². The molecular formula is C20H23N3O4. The molecule has 142 valence electrons. The molecule has 0 spiro atoms. The van der Waals surface area contributed by atoms with Crippen molar-refractivity contribution in [3.63, 3.8) is 0 Å². The second-order valence-electron chi connectivity index (χ2n) is 6.59. The zero-order valence-electron chi connectivity index (χ0n) is 15.3. The number of carbonyl (C=O) groups is 1. The molecule has 1 aliphatic rings. The number of piperazine rings is 1. The molecule has 0 bridgehead atoms. The van der Waals surface area contributed by atoms with Crippen LogP contribution in [0.25, 0.3) is 0 Å². The molecule has 1 aliphatic heterocycles. The molecule has 0 radical (unpaired) electrons. The monoisotopic (exact) mass is 369 g/mol. The maximum atomic E-state index is 12.3. The van der Waals surface area contributed by atoms with Gasteiger partial charge >= 0.3 is 0 Å². The van der Waals surface area contributed by atoms with E-state index in [1.54, 1.807) is 19.2 Å². The van der Waals surface area contributed by atoms with Crippen molar-refractivity contribution in [1.82, 2.24) is 9.80 Å². The lowest BCUT2D eigenvalue weighted by molar-refractivity contribution is -0.385. The summed E-state index contributed by atoms with van der Waals surface area (Å²) >= 11 is 0. The average molecular weight is 369 g/mol. The number of nitro groups is 1. The van der Waals surface area contributed by atoms with Gasteiger partial charge in [-0.25, -0.2) is 0 Å². The third-order valence-corrected chi connectivity index (χ3v) is 4.81. The molecule has 7 nitrogen and oxygen atoms in total. The van der Waals surface area contributed by atoms with Crippen LogP contribution in [-0.4, -0.2) is 60.3 Å². The smallest absolute Gasteiger partial charge is 0.274 e. The van der Waals surface area contributed by atoms with Gasteiger partial charge in [0.2, 0.25) is 0 Å². The summed E-state index contributed by atoms with van der Waals surface area (Å²) < 4.78 is 5.19. The number of carbonyl (C=O) groups excluding carboxylic acids is 1. The molecule has 0 saturated carbocycles. The van der Waals surface area contributed by atoms with Crippen LogP contribution in [0.2, 0.25) is 0 Å². The number of Topliss-reactive ketones (excluding diaryl/α,β-unsaturated/α-hetero) is 1. The molecule has 0 N–H and O–H groups in total. The molecule has 2 aromatic rings. The van der Waals surface area contributed by atoms with E-state index in [-0.39, 0.29) is 16.4 Å². The van der Waals surface area contributed by atoms with Crippen LogP contribution in [0.4, 0.5) is 5.69 Å². The second-order valence-corrected chi connectivity index (χ2v) is 6.59. The van der Waals surface area contributed by atoms with E-state index in [2.05, 4.69) is 9.80 Å². The summed E-state index contributed by atoms with van der Waals surface area (Å²) in [5, 5.41) is 11.3. The summed E-state index contributed by atoms with van der Waals surface area (Å²) in [6, 6.07) is 14.1. The first-order chi connectivity index (χ1) is 13.1. The van der Waals surface area contributed by atoms with Gasteiger partial charge in [0, 0.05) is 49.9 Å². The number of methoxy groups -OCH3 is 1. The molecule has 0 atom stereocenters. The zero-order chi connectivity index (χ0) is 19.2. The Labute approximate surface area is 158 Å². The summed E-state index contributed by atoms with van der Waals surface area (Å²) in [5.74, 6) is 0.732. The highest BCUT2D eigenvalue weighted by atomic mass is 16.6. The van der Waals surface area contributed by atoms with E-state index in [4.69, 9.17) is 4.74 Å². The summed E-state index contributed by atoms with van der Waals surface area (Å²) in [4.78, 5) is 27.5. The van der Waals surface area contributed by atoms with Gasteiger partial charge in [0.05, 0.1) is 18.6 Å². The van der Waals surface area contributed by atoms with Crippen LogP contribution >= 0.6 is 0 Å². The van der Waals surface area contributed by atoms with Gasteiger partial charge in [0.15, 0.2) is 5.78 Å². The van der Waals surface area contributed by atoms with Crippen LogP contribution in [0.5, 0.6) is 5.75 Å². The van der Waals surface area contributed by atoms with E-state index in [0.29, 0.717) is 24.4 Å². The van der Waals surface area contributed by atoms with Gasteiger partial charge in [-0.2, -0.15) is 0 Å². The molecule has 3 rings (SSSR count). The molecule has 0 amide bonds. The van der Waals surface area contributed by atoms with E-state index < -0.39 is 0 Å². The third kappa shape index (κ3) is 4.90. The zero-order valence-corrected chi connectivity index (χ0v) is 15.3. The highest BCUT2D eigenvalue weighted by Crippen LogP contribution is 2.25. The van der Waals surface area contributed by atoms with Gasteiger partial charge in [-0.1, -0.05) is 30.3 Å². The van der Waals surface area contributed by atoms with Gasteiger partial charge < -0.3 is 4.74 Å². The van der Waals surface area contributed by atoms with E-state index in [1.807, 2.05) is 30.3 Å². The Hall–Kier alpha value is -2.77. The van der Waals surface area contributed by atoms with Crippen LogP contribution in [0, 0.1) is 10.1 Å². The van der Waals surface area contributed by atoms with Gasteiger partial charge in [0.25, 0.3) is 5.69 Å². The predicted molar refractivity (Wildman–Crippen MR) is 102 cm³/mol. The number of nitrogens with zero attached hydrogens (tertiary/aromatic N) is 3. The number of ether oxygens (including phenoxy) is 1. The minimum atomic E-state index is -0.358. The lowest BCUT2D eigenvalue weighted by atomic mass is 10.1. The van der Waals surface area contributed by atoms with Crippen LogP contribution in [-0.2, 0) is 6.54 Å². The van der Waals surface area contributed by atoms with Gasteiger partial charge in [-0.05, 0) is 12.1 Å². The van der Waals surface area contributed by atoms with E-state index >= 15 is 0 Å². The predicted octanol–water partition coefficient (Wildman–Crippen LogP) is 2.60. The van der Waals surface area contributed by atoms with Crippen molar-refractivity contribution < 1.29 is 14.5 Å². The first-order valence-corrected chi connectivity index (χ1v) is 8.91. The fourth-order valence-corrected chi connectivity index (χ4v) is 3.26. The Morgan fingerprint density at radius 2 is 1.74 bits per heavy atom. The number of nitro benzene ring substituents is 1. The number of benzene rings is 2. The second kappa shape index (κ2) is 8.75. The first kappa shape index (κ1) is 19.0. The number of rotatable bonds is 7. The van der Waals surface area contributed by atoms with Crippen LogP contribution < -0.4 is 4.74 Å². The maximum absolute atomic E-state index is 12.3. The maximum Gasteiger partial charge on any atom is 0.274 e. The molecule has 7 heteroatoms. The topological polar surface area (TPSA) is 75.9 Å². The lowest BCUT2D eigenvalue weighted by Gasteiger charge is -2.34. The minimum Gasteiger partial charge on any atom is -0.497 e. The fraction of sp³-hybridized carbons (Fsp3) is 0.350. The standard InChI is InChI=1S/C20H23N3O4/c1-27-18-7-8-19(23(25)26)17(13-18)14-21-9-11-22(12-10-21)15-20(24)16-5-3-2-4-6-16/h2-8,13H,9-12,14-15H2,1H3. The third-order valence-electron chi connectivity index (χ3n) is 4.81. The van der Waals surface area contributed by atoms with Crippen molar-refractivity contribution in [3.05, 3.63) is 69.8 Å². The average Bonchev–Trinajstić information content (AvgIpc) is 2.69. The molecule has 0 unspecified atom stereocenters. The largest absolute Gasteiger partial charge is 0.497 e. The molecule has 2 aromatic carbocycles. The summed E-state index contributed by atoms with van der Waals surface area (Å²) in [6.07, 6.45) is 0. The molecule has 0 aromatic heterocycles. The Morgan fingerprint density at radius 3 is 2.37 bits per heavy atom. The van der Waals surface area contributed by atoms with Crippen molar-refractivity contribution in [1.29, 1.82) is 0 Å². The highest BCUT2D eigenvalue weighted by Gasteiger charge is 2.22. The Morgan fingerprint density at radius 1 is 1.07 bits per heavy atom. The molecular weight excluding hydrogens is 346 g/mol. The Balaban J connectivity index is 1.57. The fourth-order valence-electron chi connectivity index (χ4n) is 3.26. The van der Waals surface area contributed by atoms with Crippen LogP contribution in [0.15, 0.2) is 48.5 Å². The highest BCUT2D eigenvalue weighted by molar-refractivity contribution is 5.97. The van der Waals surface area contributed by atoms with E-state index in [0.717, 1.165) is 31.7 Å². The van der Waals surface area contributed by atoms with Gasteiger partial charge in [-0.3, -0.25) is 24.7 Å². The first-order valence-electron chi connectivity index (χ1n) is 8.91. The Bertz CT molecular complexity index is 802. The normalized spacial score (nSPS) is 15.4. The van der Waals surface area contributed by atoms with Crippen molar-refractivity contribution in [3.8, 4) is 5.75 Å². The van der Waals surface area contributed by atoms with Gasteiger partial charge in [0.1, 0.15) is 5.75 Å². The summed E-state index contributed by atoms with van der Waals surface area (Å²) in [6.45, 7) is 3.94. The van der Waals surface area contributed by atoms with Crippen LogP contribution in [0.1, 0.15) is 15.9 Å². The van der Waals surface area contributed by atoms with Gasteiger partial charge in [-0.15, -0.1) is 0 Å². The quantitative estimate of drug-likeness (QED) is 0.424. The summed E-state index contributed by atoms with van der Waals surface area (Å²) in [7, 11) is 1.55. The van der Waals surface area contributed by atoms with E-state index in [9.17, 15) is 14.9 Å². The van der Waals surface area contributed by atoms with Crippen LogP contribution in [0.3, 0.4) is 0 Å². The van der Waals surface area contributed by atoms with Crippen molar-refractivity contribution >= 4 is 11.5 Å². The SMILES string of the molecule is COc1ccc([N+](=O)[O-])c(CN2CCN(CC(=O)c3ccccc3)CC2)c1. The summed E-state index contributed by atoms with van der Waals surface area (Å²) in [5.41, 5.74) is 1.48. The molecule has 1 fully saturated rings. The van der Waals surface area contributed by atoms with E-state index in [1.165, 1.54) is 6.07 Å². The molecule has 27 heavy (non-hydrogen) atoms. The Kier molecular flexibility index (Phi) is 6.16. The molecule has 1 heterocycles. The molecule has 1 saturated heterocycles. The van der Waals surface area contributed by atoms with Crippen molar-refractivity contribution in [2.24, 2.45) is 0 Å². The van der Waals surface area contributed by atoms with Crippen molar-refractivity contribution in [2.75, 3.05) is 39.8 Å². The number of ketones is 1. The number of hydrogen-bond acceptors (Lipinski definition) is 6. The number of hydrogen-bond donors (Lipinski definition) is 0. The lowest BCUT2D eigenvalue weighted by Crippen LogP contribution is -2.47. The molecule has 0 aliphatic carbocycles.